The Kier molecular flexibility index (Phi) is 5.63. The summed E-state index contributed by atoms with van der Waals surface area (Å²) in [6, 6.07) is 6.68. The minimum absolute atomic E-state index is 0.0232. The number of nitriles is 1. The molecule has 12 nitrogen and oxygen atoms in total. The van der Waals surface area contributed by atoms with E-state index >= 15 is 0 Å². The van der Waals surface area contributed by atoms with Gasteiger partial charge in [-0.25, -0.2) is 13.4 Å². The average molecular weight is 432 g/mol. The van der Waals surface area contributed by atoms with E-state index in [1.165, 1.54) is 16.4 Å². The van der Waals surface area contributed by atoms with Crippen molar-refractivity contribution in [3.05, 3.63) is 61.8 Å². The smallest absolute Gasteiger partial charge is 0.289 e. The van der Waals surface area contributed by atoms with E-state index in [0.29, 0.717) is 5.56 Å². The van der Waals surface area contributed by atoms with Gasteiger partial charge in [-0.2, -0.15) is 9.57 Å². The molecule has 1 fully saturated rings. The third-order valence-electron chi connectivity index (χ3n) is 4.72. The van der Waals surface area contributed by atoms with Crippen molar-refractivity contribution in [3.63, 3.8) is 0 Å². The Labute approximate surface area is 171 Å². The monoisotopic (exact) mass is 432 g/mol. The van der Waals surface area contributed by atoms with E-state index in [9.17, 15) is 33.9 Å². The Morgan fingerprint density at radius 1 is 1.07 bits per heavy atom. The summed E-state index contributed by atoms with van der Waals surface area (Å²) in [5.74, 6) is 0.242. The highest BCUT2D eigenvalue weighted by molar-refractivity contribution is 7.89. The molecular formula is C17H16N6O6S. The molecule has 30 heavy (non-hydrogen) atoms. The fourth-order valence-electron chi connectivity index (χ4n) is 3.14. The quantitative estimate of drug-likeness (QED) is 0.504. The molecule has 0 spiro atoms. The van der Waals surface area contributed by atoms with Crippen LogP contribution in [-0.4, -0.2) is 53.7 Å². The number of anilines is 1. The molecule has 1 saturated heterocycles. The van der Waals surface area contributed by atoms with Crippen LogP contribution in [0.4, 0.5) is 17.2 Å². The molecule has 0 atom stereocenters. The molecule has 0 amide bonds. The first-order valence-electron chi connectivity index (χ1n) is 8.70. The number of piperazine rings is 1. The van der Waals surface area contributed by atoms with Crippen LogP contribution in [0.15, 0.2) is 35.4 Å². The molecule has 1 aliphatic heterocycles. The van der Waals surface area contributed by atoms with E-state index in [0.717, 1.165) is 18.3 Å². The molecule has 0 unspecified atom stereocenters. The fraction of sp³-hybridized carbons (Fsp3) is 0.294. The largest absolute Gasteiger partial charge is 0.353 e. The molecule has 0 bridgehead atoms. The molecule has 0 radical (unpaired) electrons. The molecule has 2 heterocycles. The second-order valence-corrected chi connectivity index (χ2v) is 8.44. The molecule has 1 aromatic carbocycles. The molecular weight excluding hydrogens is 416 g/mol. The minimum Gasteiger partial charge on any atom is -0.353 e. The maximum Gasteiger partial charge on any atom is 0.289 e. The maximum absolute atomic E-state index is 13.0. The van der Waals surface area contributed by atoms with Crippen LogP contribution in [0.25, 0.3) is 0 Å². The van der Waals surface area contributed by atoms with Crippen LogP contribution in [0.3, 0.4) is 0 Å². The highest BCUT2D eigenvalue weighted by atomic mass is 32.2. The minimum atomic E-state index is -3.96. The van der Waals surface area contributed by atoms with Gasteiger partial charge in [-0.15, -0.1) is 0 Å². The summed E-state index contributed by atoms with van der Waals surface area (Å²) in [5, 5.41) is 31.2. The van der Waals surface area contributed by atoms with Gasteiger partial charge in [0.15, 0.2) is 0 Å². The number of aryl methyl sites for hydroxylation is 1. The van der Waals surface area contributed by atoms with Crippen molar-refractivity contribution >= 4 is 27.2 Å². The zero-order valence-corrected chi connectivity index (χ0v) is 16.6. The van der Waals surface area contributed by atoms with Gasteiger partial charge >= 0.3 is 0 Å². The number of rotatable bonds is 5. The van der Waals surface area contributed by atoms with E-state index < -0.39 is 19.9 Å². The number of benzene rings is 1. The van der Waals surface area contributed by atoms with Crippen molar-refractivity contribution < 1.29 is 18.3 Å². The molecule has 3 rings (SSSR count). The fourth-order valence-corrected chi connectivity index (χ4v) is 4.81. The van der Waals surface area contributed by atoms with Crippen LogP contribution < -0.4 is 4.90 Å². The second-order valence-electron chi connectivity index (χ2n) is 6.53. The summed E-state index contributed by atoms with van der Waals surface area (Å²) in [6.07, 6.45) is 1.05. The van der Waals surface area contributed by atoms with Crippen LogP contribution in [0.1, 0.15) is 11.1 Å². The number of nitro groups is 2. The van der Waals surface area contributed by atoms with Gasteiger partial charge in [-0.3, -0.25) is 20.2 Å². The summed E-state index contributed by atoms with van der Waals surface area (Å²) in [5.41, 5.74) is -0.203. The molecule has 13 heteroatoms. The first kappa shape index (κ1) is 21.1. The molecule has 1 aromatic heterocycles. The maximum atomic E-state index is 13.0. The Morgan fingerprint density at radius 3 is 2.27 bits per heavy atom. The first-order valence-corrected chi connectivity index (χ1v) is 10.1. The van der Waals surface area contributed by atoms with E-state index in [1.807, 2.05) is 6.07 Å². The van der Waals surface area contributed by atoms with Gasteiger partial charge in [0.25, 0.3) is 11.4 Å². The zero-order chi connectivity index (χ0) is 22.1. The van der Waals surface area contributed by atoms with Gasteiger partial charge in [-0.1, -0.05) is 6.07 Å². The van der Waals surface area contributed by atoms with Crippen molar-refractivity contribution in [2.75, 3.05) is 31.1 Å². The van der Waals surface area contributed by atoms with E-state index in [2.05, 4.69) is 4.98 Å². The first-order chi connectivity index (χ1) is 14.1. The molecule has 2 aromatic rings. The van der Waals surface area contributed by atoms with Crippen molar-refractivity contribution in [3.8, 4) is 6.07 Å². The number of nitrogens with zero attached hydrogens (tertiary/aromatic N) is 6. The van der Waals surface area contributed by atoms with Gasteiger partial charge in [0.2, 0.25) is 10.0 Å². The van der Waals surface area contributed by atoms with E-state index in [4.69, 9.17) is 0 Å². The highest BCUT2D eigenvalue weighted by Gasteiger charge is 2.32. The van der Waals surface area contributed by atoms with E-state index in [1.54, 1.807) is 11.8 Å². The Bertz CT molecular complexity index is 1170. The number of sulfonamides is 1. The van der Waals surface area contributed by atoms with Crippen LogP contribution in [-0.2, 0) is 10.0 Å². The van der Waals surface area contributed by atoms with Gasteiger partial charge in [0.05, 0.1) is 14.7 Å². The topological polar surface area (TPSA) is 164 Å². The van der Waals surface area contributed by atoms with Crippen LogP contribution in [0.2, 0.25) is 0 Å². The lowest BCUT2D eigenvalue weighted by Gasteiger charge is -2.35. The normalized spacial score (nSPS) is 14.9. The standard InChI is InChI=1S/C17H16N6O6S/c1-12-2-3-14(22(24)25)9-16(12)30(28,29)21-6-4-20(5-7-21)17-13(10-18)8-15(11-19-17)23(26)27/h2-3,8-9,11H,4-7H2,1H3. The average Bonchev–Trinajstić information content (AvgIpc) is 2.73. The van der Waals surface area contributed by atoms with Crippen LogP contribution in [0, 0.1) is 38.5 Å². The van der Waals surface area contributed by atoms with Gasteiger partial charge in [0.1, 0.15) is 23.6 Å². The summed E-state index contributed by atoms with van der Waals surface area (Å²) in [6.45, 7) is 2.09. The number of pyridine rings is 1. The SMILES string of the molecule is Cc1ccc([N+](=O)[O-])cc1S(=O)(=O)N1CCN(c2ncc([N+](=O)[O-])cc2C#N)CC1. The Hall–Kier alpha value is -3.63. The lowest BCUT2D eigenvalue weighted by Crippen LogP contribution is -2.49. The van der Waals surface area contributed by atoms with Crippen molar-refractivity contribution in [2.45, 2.75) is 11.8 Å². The third-order valence-corrected chi connectivity index (χ3v) is 6.76. The van der Waals surface area contributed by atoms with Crippen molar-refractivity contribution in [2.24, 2.45) is 0 Å². The number of nitro benzene ring substituents is 1. The van der Waals surface area contributed by atoms with Gasteiger partial charge in [0, 0.05) is 44.4 Å². The molecule has 156 valence electrons. The second kappa shape index (κ2) is 8.01. The number of hydrogen-bond donors (Lipinski definition) is 0. The summed E-state index contributed by atoms with van der Waals surface area (Å²) in [7, 11) is -3.96. The summed E-state index contributed by atoms with van der Waals surface area (Å²) < 4.78 is 27.2. The number of non-ortho nitro benzene ring substituents is 1. The highest BCUT2D eigenvalue weighted by Crippen LogP contribution is 2.27. The Balaban J connectivity index is 1.82. The van der Waals surface area contributed by atoms with Crippen LogP contribution >= 0.6 is 0 Å². The predicted octanol–water partition coefficient (Wildman–Crippen LogP) is 1.59. The third kappa shape index (κ3) is 3.91. The van der Waals surface area contributed by atoms with Crippen molar-refractivity contribution in [1.82, 2.24) is 9.29 Å². The number of aromatic nitrogens is 1. The van der Waals surface area contributed by atoms with E-state index in [-0.39, 0.29) is 53.8 Å². The predicted molar refractivity (Wildman–Crippen MR) is 104 cm³/mol. The van der Waals surface area contributed by atoms with Crippen molar-refractivity contribution in [1.29, 1.82) is 5.26 Å². The van der Waals surface area contributed by atoms with Gasteiger partial charge in [-0.05, 0) is 12.5 Å². The molecule has 0 aliphatic carbocycles. The molecule has 0 saturated carbocycles. The number of hydrogen-bond acceptors (Lipinski definition) is 9. The van der Waals surface area contributed by atoms with Crippen LogP contribution in [0.5, 0.6) is 0 Å². The lowest BCUT2D eigenvalue weighted by molar-refractivity contribution is -0.385. The molecule has 0 N–H and O–H groups in total. The molecule has 1 aliphatic rings. The Morgan fingerprint density at radius 2 is 1.70 bits per heavy atom. The van der Waals surface area contributed by atoms with Gasteiger partial charge < -0.3 is 4.90 Å². The lowest BCUT2D eigenvalue weighted by atomic mass is 10.2. The summed E-state index contributed by atoms with van der Waals surface area (Å²) in [4.78, 5) is 26.1. The summed E-state index contributed by atoms with van der Waals surface area (Å²) >= 11 is 0. The zero-order valence-electron chi connectivity index (χ0n) is 15.8.